The number of hydrogen-bond acceptors (Lipinski definition) is 2. The smallest absolute Gasteiger partial charge is 0.225 e. The summed E-state index contributed by atoms with van der Waals surface area (Å²) in [6.07, 6.45) is 1.73. The first-order valence-corrected chi connectivity index (χ1v) is 2.72. The summed E-state index contributed by atoms with van der Waals surface area (Å²) in [4.78, 5) is 4.60. The van der Waals surface area contributed by atoms with Crippen LogP contribution in [0.25, 0.3) is 0 Å². The lowest BCUT2D eigenvalue weighted by Crippen LogP contribution is -1.99. The molecule has 1 heterocycles. The molecule has 1 rings (SSSR count). The average molecular weight is 121 g/mol. The van der Waals surface area contributed by atoms with Crippen LogP contribution in [-0.4, -0.2) is 5.38 Å². The van der Waals surface area contributed by atoms with Crippen LogP contribution in [0.2, 0.25) is 0 Å². The van der Waals surface area contributed by atoms with Gasteiger partial charge in [0.25, 0.3) is 0 Å². The molecule has 0 aliphatic carbocycles. The molecule has 0 spiro atoms. The summed E-state index contributed by atoms with van der Waals surface area (Å²) in [6.45, 7) is 2.01. The van der Waals surface area contributed by atoms with E-state index < -0.39 is 0 Å². The van der Waals surface area contributed by atoms with Crippen LogP contribution in [0.3, 0.4) is 0 Å². The highest BCUT2D eigenvalue weighted by molar-refractivity contribution is 6.21. The third kappa shape index (κ3) is 1.30. The average Bonchev–Trinajstić information content (AvgIpc) is 2.44. The van der Waals surface area contributed by atoms with Gasteiger partial charge in [0.05, 0.1) is 5.38 Å². The standard InChI is InChI=1S/C4H7ClNO/c1-2-3(5)4-6-7-4/h3,6H,2H2,1H3. The van der Waals surface area contributed by atoms with Crippen LogP contribution < -0.4 is 5.48 Å². The minimum absolute atomic E-state index is 0.0694. The lowest BCUT2D eigenvalue weighted by molar-refractivity contribution is 0.403. The van der Waals surface area contributed by atoms with Crippen molar-refractivity contribution >= 4 is 11.6 Å². The van der Waals surface area contributed by atoms with Crippen molar-refractivity contribution in [2.24, 2.45) is 0 Å². The van der Waals surface area contributed by atoms with Gasteiger partial charge in [-0.15, -0.1) is 11.6 Å². The number of hydroxylamine groups is 1. The largest absolute Gasteiger partial charge is 0.268 e. The van der Waals surface area contributed by atoms with Crippen molar-refractivity contribution in [2.75, 3.05) is 0 Å². The molecule has 2 nitrogen and oxygen atoms in total. The second-order valence-electron chi connectivity index (χ2n) is 1.44. The maximum Gasteiger partial charge on any atom is 0.225 e. The summed E-state index contributed by atoms with van der Waals surface area (Å²) < 4.78 is 0. The van der Waals surface area contributed by atoms with Crippen LogP contribution in [0.4, 0.5) is 0 Å². The third-order valence-electron chi connectivity index (χ3n) is 0.863. The van der Waals surface area contributed by atoms with E-state index in [1.54, 1.807) is 0 Å². The molecule has 1 aliphatic rings. The first-order chi connectivity index (χ1) is 3.34. The van der Waals surface area contributed by atoms with Crippen molar-refractivity contribution in [1.82, 2.24) is 5.48 Å². The third-order valence-corrected chi connectivity index (χ3v) is 1.37. The molecule has 0 aromatic rings. The van der Waals surface area contributed by atoms with Gasteiger partial charge in [-0.05, 0) is 6.42 Å². The van der Waals surface area contributed by atoms with Gasteiger partial charge in [0.1, 0.15) is 0 Å². The minimum atomic E-state index is 0.0694. The van der Waals surface area contributed by atoms with Crippen molar-refractivity contribution in [3.63, 3.8) is 0 Å². The van der Waals surface area contributed by atoms with Gasteiger partial charge in [-0.1, -0.05) is 6.92 Å². The SMILES string of the molecule is CCC(Cl)[C]1NO1. The number of hydrogen-bond donors (Lipinski definition) is 1. The molecule has 1 fully saturated rings. The Morgan fingerprint density at radius 1 is 2.00 bits per heavy atom. The molecule has 0 saturated carbocycles. The fraction of sp³-hybridized carbons (Fsp3) is 0.750. The fourth-order valence-electron chi connectivity index (χ4n) is 0.343. The Hall–Kier alpha value is 0.210. The Labute approximate surface area is 47.7 Å². The van der Waals surface area contributed by atoms with Crippen molar-refractivity contribution in [2.45, 2.75) is 18.7 Å². The van der Waals surface area contributed by atoms with E-state index in [0.29, 0.717) is 0 Å². The monoisotopic (exact) mass is 120 g/mol. The van der Waals surface area contributed by atoms with Gasteiger partial charge < -0.3 is 0 Å². The molecule has 1 N–H and O–H groups in total. The number of alkyl halides is 1. The van der Waals surface area contributed by atoms with Crippen molar-refractivity contribution in [3.8, 4) is 0 Å². The second kappa shape index (κ2) is 1.99. The van der Waals surface area contributed by atoms with E-state index in [1.807, 2.05) is 6.92 Å². The van der Waals surface area contributed by atoms with Crippen LogP contribution in [0, 0.1) is 6.23 Å². The molecule has 41 valence electrons. The van der Waals surface area contributed by atoms with Crippen molar-refractivity contribution in [1.29, 1.82) is 0 Å². The zero-order valence-corrected chi connectivity index (χ0v) is 4.83. The number of nitrogens with one attached hydrogen (secondary N) is 1. The van der Waals surface area contributed by atoms with Gasteiger partial charge in [0.15, 0.2) is 0 Å². The van der Waals surface area contributed by atoms with Gasteiger partial charge >= 0.3 is 0 Å². The molecule has 0 amide bonds. The van der Waals surface area contributed by atoms with E-state index in [0.717, 1.165) is 12.6 Å². The molecule has 0 bridgehead atoms. The lowest BCUT2D eigenvalue weighted by atomic mass is 10.3. The van der Waals surface area contributed by atoms with Crippen molar-refractivity contribution < 1.29 is 4.84 Å². The van der Waals surface area contributed by atoms with Gasteiger partial charge in [0.2, 0.25) is 6.23 Å². The highest BCUT2D eigenvalue weighted by atomic mass is 35.5. The quantitative estimate of drug-likeness (QED) is 0.436. The van der Waals surface area contributed by atoms with Gasteiger partial charge in [0, 0.05) is 0 Å². The maximum absolute atomic E-state index is 5.64. The molecular formula is C4H7ClNO. The molecule has 1 radical (unpaired) electrons. The van der Waals surface area contributed by atoms with E-state index >= 15 is 0 Å². The summed E-state index contributed by atoms with van der Waals surface area (Å²) >= 11 is 5.64. The second-order valence-corrected chi connectivity index (χ2v) is 1.97. The maximum atomic E-state index is 5.64. The lowest BCUT2D eigenvalue weighted by Gasteiger charge is -1.92. The topological polar surface area (TPSA) is 34.5 Å². The number of rotatable bonds is 2. The molecular weight excluding hydrogens is 114 g/mol. The summed E-state index contributed by atoms with van der Waals surface area (Å²) in [5, 5.41) is 0.0694. The Morgan fingerprint density at radius 2 is 2.57 bits per heavy atom. The predicted molar refractivity (Wildman–Crippen MR) is 27.4 cm³/mol. The Bertz CT molecular complexity index is 64.7. The van der Waals surface area contributed by atoms with E-state index in [1.165, 1.54) is 0 Å². The van der Waals surface area contributed by atoms with Crippen LogP contribution in [0.1, 0.15) is 13.3 Å². The van der Waals surface area contributed by atoms with E-state index in [4.69, 9.17) is 11.6 Å². The predicted octanol–water partition coefficient (Wildman–Crippen LogP) is 1.03. The minimum Gasteiger partial charge on any atom is -0.268 e. The molecule has 3 heteroatoms. The Morgan fingerprint density at radius 3 is 2.71 bits per heavy atom. The highest BCUT2D eigenvalue weighted by Gasteiger charge is 2.31. The highest BCUT2D eigenvalue weighted by Crippen LogP contribution is 2.22. The normalized spacial score (nSPS) is 24.9. The molecule has 1 aliphatic heterocycles. The van der Waals surface area contributed by atoms with Crippen LogP contribution >= 0.6 is 11.6 Å². The summed E-state index contributed by atoms with van der Waals surface area (Å²) in [5.41, 5.74) is 2.57. The number of halogens is 1. The van der Waals surface area contributed by atoms with Crippen LogP contribution in [0.15, 0.2) is 0 Å². The Kier molecular flexibility index (Phi) is 1.52. The fourth-order valence-corrected chi connectivity index (χ4v) is 0.432. The zero-order valence-electron chi connectivity index (χ0n) is 4.07. The zero-order chi connectivity index (χ0) is 5.28. The van der Waals surface area contributed by atoms with Gasteiger partial charge in [-0.3, -0.25) is 4.84 Å². The van der Waals surface area contributed by atoms with Gasteiger partial charge in [-0.2, -0.15) is 5.48 Å². The summed E-state index contributed by atoms with van der Waals surface area (Å²) in [7, 11) is 0. The molecule has 0 aromatic heterocycles. The summed E-state index contributed by atoms with van der Waals surface area (Å²) in [5.74, 6) is 0. The van der Waals surface area contributed by atoms with Crippen molar-refractivity contribution in [3.05, 3.63) is 6.23 Å². The van der Waals surface area contributed by atoms with Crippen LogP contribution in [0.5, 0.6) is 0 Å². The Balaban J connectivity index is 2.10. The van der Waals surface area contributed by atoms with E-state index in [2.05, 4.69) is 10.3 Å². The molecule has 7 heavy (non-hydrogen) atoms. The molecule has 0 aromatic carbocycles. The molecule has 1 saturated heterocycles. The van der Waals surface area contributed by atoms with Crippen LogP contribution in [-0.2, 0) is 4.84 Å². The van der Waals surface area contributed by atoms with E-state index in [9.17, 15) is 0 Å². The van der Waals surface area contributed by atoms with Gasteiger partial charge in [-0.25, -0.2) is 0 Å². The summed E-state index contributed by atoms with van der Waals surface area (Å²) in [6, 6.07) is 0. The first kappa shape index (κ1) is 5.35. The molecule has 1 atom stereocenters. The first-order valence-electron chi connectivity index (χ1n) is 2.28. The molecule has 1 unspecified atom stereocenters. The van der Waals surface area contributed by atoms with E-state index in [-0.39, 0.29) is 5.38 Å².